The average Bonchev–Trinajstić information content (AvgIpc) is 2.98. The fourth-order valence-corrected chi connectivity index (χ4v) is 3.06. The molecule has 1 aromatic rings. The molecule has 1 aliphatic rings. The van der Waals surface area contributed by atoms with E-state index in [2.05, 4.69) is 20.8 Å². The van der Waals surface area contributed by atoms with E-state index in [0.717, 1.165) is 17.3 Å². The summed E-state index contributed by atoms with van der Waals surface area (Å²) in [4.78, 5) is 34.1. The lowest BCUT2D eigenvalue weighted by molar-refractivity contribution is -0.137. The first-order valence-corrected chi connectivity index (χ1v) is 9.21. The third-order valence-corrected chi connectivity index (χ3v) is 4.50. The topological polar surface area (TPSA) is 120 Å². The molecule has 0 spiro atoms. The minimum Gasteiger partial charge on any atom is -0.481 e. The summed E-state index contributed by atoms with van der Waals surface area (Å²) in [6.45, 7) is 0.267. The molecule has 8 nitrogen and oxygen atoms in total. The van der Waals surface area contributed by atoms with Crippen LogP contribution in [0, 0.1) is 0 Å². The van der Waals surface area contributed by atoms with E-state index in [-0.39, 0.29) is 31.2 Å². The van der Waals surface area contributed by atoms with Crippen LogP contribution in [0.1, 0.15) is 24.8 Å². The van der Waals surface area contributed by atoms with Crippen LogP contribution in [0.15, 0.2) is 46.6 Å². The molecule has 1 atom stereocenters. The van der Waals surface area contributed by atoms with Crippen LogP contribution in [-0.2, 0) is 14.4 Å². The van der Waals surface area contributed by atoms with Crippen LogP contribution in [0.3, 0.4) is 0 Å². The van der Waals surface area contributed by atoms with Gasteiger partial charge in [0, 0.05) is 25.6 Å². The van der Waals surface area contributed by atoms with Gasteiger partial charge in [0.15, 0.2) is 5.17 Å². The van der Waals surface area contributed by atoms with E-state index in [4.69, 9.17) is 5.11 Å². The highest BCUT2D eigenvalue weighted by Gasteiger charge is 2.32. The number of carbonyl (C=O) groups excluding carboxylic acids is 2. The second kappa shape index (κ2) is 10.9. The Morgan fingerprint density at radius 3 is 2.81 bits per heavy atom. The van der Waals surface area contributed by atoms with Gasteiger partial charge < -0.3 is 15.7 Å². The molecule has 142 valence electrons. The van der Waals surface area contributed by atoms with Crippen molar-refractivity contribution < 1.29 is 19.5 Å². The number of hydrogen-bond acceptors (Lipinski definition) is 6. The molecule has 1 heterocycles. The van der Waals surface area contributed by atoms with Crippen LogP contribution in [-0.4, -0.2) is 46.1 Å². The van der Waals surface area contributed by atoms with Gasteiger partial charge in [-0.3, -0.25) is 14.4 Å². The molecule has 27 heavy (non-hydrogen) atoms. The zero-order chi connectivity index (χ0) is 19.5. The van der Waals surface area contributed by atoms with Gasteiger partial charge in [0.1, 0.15) is 5.25 Å². The predicted octanol–water partition coefficient (Wildman–Crippen LogP) is 1.64. The molecule has 1 aromatic carbocycles. The Bertz CT molecular complexity index is 762. The number of aliphatic carboxylic acids is 1. The fraction of sp³-hybridized carbons (Fsp3) is 0.278. The summed E-state index contributed by atoms with van der Waals surface area (Å²) in [5.41, 5.74) is 1.04. The molecule has 1 aliphatic heterocycles. The molecule has 3 N–H and O–H groups in total. The second-order valence-electron chi connectivity index (χ2n) is 5.59. The zero-order valence-corrected chi connectivity index (χ0v) is 15.3. The van der Waals surface area contributed by atoms with Crippen molar-refractivity contribution in [1.29, 1.82) is 0 Å². The molecule has 0 unspecified atom stereocenters. The van der Waals surface area contributed by atoms with Crippen molar-refractivity contribution >= 4 is 47.0 Å². The van der Waals surface area contributed by atoms with E-state index >= 15 is 0 Å². The third-order valence-electron chi connectivity index (χ3n) is 3.43. The van der Waals surface area contributed by atoms with Crippen LogP contribution in [0.4, 0.5) is 0 Å². The smallest absolute Gasteiger partial charge is 0.303 e. The van der Waals surface area contributed by atoms with Crippen LogP contribution >= 0.6 is 11.8 Å². The van der Waals surface area contributed by atoms with Gasteiger partial charge in [-0.1, -0.05) is 48.2 Å². The van der Waals surface area contributed by atoms with Crippen molar-refractivity contribution in [2.24, 2.45) is 10.2 Å². The monoisotopic (exact) mass is 388 g/mol. The number of amides is 2. The summed E-state index contributed by atoms with van der Waals surface area (Å²) >= 11 is 1.14. The Kier molecular flexibility index (Phi) is 8.24. The third kappa shape index (κ3) is 7.87. The average molecular weight is 388 g/mol. The molecular weight excluding hydrogens is 368 g/mol. The van der Waals surface area contributed by atoms with Crippen LogP contribution < -0.4 is 10.6 Å². The van der Waals surface area contributed by atoms with Gasteiger partial charge in [0.2, 0.25) is 11.8 Å². The number of rotatable bonds is 9. The first kappa shape index (κ1) is 20.4. The van der Waals surface area contributed by atoms with Crippen LogP contribution in [0.2, 0.25) is 0 Å². The van der Waals surface area contributed by atoms with Crippen LogP contribution in [0.25, 0.3) is 6.08 Å². The number of nitrogens with one attached hydrogen (secondary N) is 2. The highest BCUT2D eigenvalue weighted by atomic mass is 32.2. The fourth-order valence-electron chi connectivity index (χ4n) is 2.14. The number of hydrogen-bond donors (Lipinski definition) is 3. The number of benzene rings is 1. The van der Waals surface area contributed by atoms with Crippen molar-refractivity contribution in [3.63, 3.8) is 0 Å². The van der Waals surface area contributed by atoms with Gasteiger partial charge in [-0.15, -0.1) is 5.10 Å². The normalized spacial score (nSPS) is 18.3. The molecule has 0 aliphatic carbocycles. The molecule has 1 saturated heterocycles. The summed E-state index contributed by atoms with van der Waals surface area (Å²) in [6.07, 6.45) is 5.47. The highest BCUT2D eigenvalue weighted by Crippen LogP contribution is 2.22. The van der Waals surface area contributed by atoms with E-state index in [0.29, 0.717) is 11.6 Å². The number of nitrogens with zero attached hydrogens (tertiary/aromatic N) is 2. The first-order chi connectivity index (χ1) is 13.0. The molecular formula is C18H20N4O4S. The lowest BCUT2D eigenvalue weighted by atomic mass is 10.2. The van der Waals surface area contributed by atoms with E-state index in [1.165, 1.54) is 6.21 Å². The van der Waals surface area contributed by atoms with Gasteiger partial charge in [0.25, 0.3) is 0 Å². The Balaban J connectivity index is 1.74. The summed E-state index contributed by atoms with van der Waals surface area (Å²) in [6, 6.07) is 9.72. The molecule has 2 amide bonds. The van der Waals surface area contributed by atoms with Gasteiger partial charge in [-0.05, 0) is 18.1 Å². The van der Waals surface area contributed by atoms with E-state index < -0.39 is 11.2 Å². The lowest BCUT2D eigenvalue weighted by Gasteiger charge is -2.06. The maximum absolute atomic E-state index is 11.9. The predicted molar refractivity (Wildman–Crippen MR) is 105 cm³/mol. The van der Waals surface area contributed by atoms with Gasteiger partial charge in [0.05, 0.1) is 0 Å². The molecule has 1 fully saturated rings. The standard InChI is InChI=1S/C18H20N4O4S/c23-15(19-10-5-9-16(24)25)12-14-17(26)21-18(27-14)22-20-11-4-8-13-6-2-1-3-7-13/h1-4,6-8,11,14H,5,9-10,12H2,(H,19,23)(H,24,25)(H,21,22,26)/b8-4+,20-11-/t14-/m0/s1. The SMILES string of the molecule is O=C(O)CCCNC(=O)C[C@@H]1S\C(=N/N=C\C=C\c2ccccc2)NC1=O. The molecule has 0 saturated carbocycles. The summed E-state index contributed by atoms with van der Waals surface area (Å²) in [5, 5.41) is 21.3. The first-order valence-electron chi connectivity index (χ1n) is 8.33. The maximum Gasteiger partial charge on any atom is 0.303 e. The quantitative estimate of drug-likeness (QED) is 0.337. The molecule has 2 rings (SSSR count). The Hall–Kier alpha value is -2.94. The van der Waals surface area contributed by atoms with Gasteiger partial charge in [-0.2, -0.15) is 5.10 Å². The molecule has 0 bridgehead atoms. The highest BCUT2D eigenvalue weighted by molar-refractivity contribution is 8.15. The number of carboxylic acids is 1. The largest absolute Gasteiger partial charge is 0.481 e. The van der Waals surface area contributed by atoms with Crippen molar-refractivity contribution in [3.05, 3.63) is 42.0 Å². The summed E-state index contributed by atoms with van der Waals surface area (Å²) in [5.74, 6) is -1.51. The molecule has 9 heteroatoms. The summed E-state index contributed by atoms with van der Waals surface area (Å²) < 4.78 is 0. The zero-order valence-electron chi connectivity index (χ0n) is 14.5. The van der Waals surface area contributed by atoms with Gasteiger partial charge >= 0.3 is 5.97 Å². The number of carboxylic acid groups (broad SMARTS) is 1. The molecule has 0 aromatic heterocycles. The van der Waals surface area contributed by atoms with E-state index in [9.17, 15) is 14.4 Å². The number of amidine groups is 1. The second-order valence-corrected chi connectivity index (χ2v) is 6.78. The maximum atomic E-state index is 11.9. The van der Waals surface area contributed by atoms with E-state index in [1.54, 1.807) is 6.08 Å². The Morgan fingerprint density at radius 2 is 2.07 bits per heavy atom. The minimum atomic E-state index is -0.907. The number of allylic oxidation sites excluding steroid dienone is 1. The van der Waals surface area contributed by atoms with Crippen LogP contribution in [0.5, 0.6) is 0 Å². The van der Waals surface area contributed by atoms with Crippen molar-refractivity contribution in [2.45, 2.75) is 24.5 Å². The minimum absolute atomic E-state index is 0.000214. The lowest BCUT2D eigenvalue weighted by Crippen LogP contribution is -2.31. The molecule has 0 radical (unpaired) electrons. The number of thioether (sulfide) groups is 1. The Morgan fingerprint density at radius 1 is 1.30 bits per heavy atom. The van der Waals surface area contributed by atoms with Gasteiger partial charge in [-0.25, -0.2) is 0 Å². The van der Waals surface area contributed by atoms with Crippen molar-refractivity contribution in [2.75, 3.05) is 6.54 Å². The summed E-state index contributed by atoms with van der Waals surface area (Å²) in [7, 11) is 0. The van der Waals surface area contributed by atoms with Crippen molar-refractivity contribution in [3.8, 4) is 0 Å². The van der Waals surface area contributed by atoms with E-state index in [1.807, 2.05) is 36.4 Å². The Labute approximate surface area is 160 Å². The number of carbonyl (C=O) groups is 3. The van der Waals surface area contributed by atoms with Crippen molar-refractivity contribution in [1.82, 2.24) is 10.6 Å².